The van der Waals surface area contributed by atoms with E-state index in [-0.39, 0.29) is 0 Å². The Hall–Kier alpha value is -0.790. The van der Waals surface area contributed by atoms with Crippen LogP contribution in [0.4, 0.5) is 48.3 Å². The van der Waals surface area contributed by atoms with E-state index in [1.807, 2.05) is 0 Å². The predicted octanol–water partition coefficient (Wildman–Crippen LogP) is 7.55. The molecule has 2 rings (SSSR count). The van der Waals surface area contributed by atoms with Crippen molar-refractivity contribution in [2.24, 2.45) is 0 Å². The lowest BCUT2D eigenvalue weighted by Crippen LogP contribution is -2.67. The van der Waals surface area contributed by atoms with Crippen LogP contribution in [0.15, 0.2) is 35.9 Å². The van der Waals surface area contributed by atoms with Crippen LogP contribution in [0.2, 0.25) is 0 Å². The van der Waals surface area contributed by atoms with Crippen molar-refractivity contribution < 1.29 is 48.3 Å². The second-order valence-electron chi connectivity index (χ2n) is 6.48. The number of allylic oxidation sites excluding steroid dienone is 2. The molecule has 2 atom stereocenters. The average molecular weight is 573 g/mol. The van der Waals surface area contributed by atoms with Gasteiger partial charge < -0.3 is 0 Å². The van der Waals surface area contributed by atoms with Crippen LogP contribution < -0.4 is 0 Å². The summed E-state index contributed by atoms with van der Waals surface area (Å²) in [7, 11) is 0. The number of halogens is 13. The highest BCUT2D eigenvalue weighted by Gasteiger charge is 2.82. The van der Waals surface area contributed by atoms with Crippen LogP contribution in [0.1, 0.15) is 18.4 Å². The lowest BCUT2D eigenvalue weighted by molar-refractivity contribution is -0.360. The van der Waals surface area contributed by atoms with Gasteiger partial charge in [0.25, 0.3) is 0 Å². The Balaban J connectivity index is 3.09. The first-order valence-corrected chi connectivity index (χ1v) is 8.98. The van der Waals surface area contributed by atoms with Gasteiger partial charge in [-0.2, -0.15) is 39.5 Å². The first kappa shape index (κ1) is 24.5. The summed E-state index contributed by atoms with van der Waals surface area (Å²) in [6.07, 6.45) is -22.3. The number of hydrogen-bond acceptors (Lipinski definition) is 0. The van der Waals surface area contributed by atoms with Crippen molar-refractivity contribution >= 4 is 34.2 Å². The molecule has 0 nitrogen and oxygen atoms in total. The van der Waals surface area contributed by atoms with Gasteiger partial charge in [-0.05, 0) is 12.5 Å². The molecule has 0 amide bonds. The summed E-state index contributed by atoms with van der Waals surface area (Å²) in [5.41, 5.74) is -13.9. The quantitative estimate of drug-likeness (QED) is 0.149. The maximum Gasteiger partial charge on any atom is 0.432 e. The lowest BCUT2D eigenvalue weighted by atomic mass is 9.61. The number of hydrogen-bond donors (Lipinski definition) is 0. The molecule has 0 aromatic heterocycles. The Morgan fingerprint density at radius 1 is 0.862 bits per heavy atom. The molecule has 0 N–H and O–H groups in total. The maximum atomic E-state index is 15.2. The summed E-state index contributed by atoms with van der Waals surface area (Å²) in [6.45, 7) is 0. The third-order valence-corrected chi connectivity index (χ3v) is 5.55. The molecule has 0 aliphatic heterocycles. The molecule has 1 aliphatic carbocycles. The smallest absolute Gasteiger partial charge is 0.222 e. The van der Waals surface area contributed by atoms with Gasteiger partial charge in [0, 0.05) is 17.6 Å². The third kappa shape index (κ3) is 4.07. The number of benzene rings is 1. The van der Waals surface area contributed by atoms with Gasteiger partial charge in [0.1, 0.15) is 8.70 Å². The minimum atomic E-state index is -6.75. The topological polar surface area (TPSA) is 0 Å². The molecular weight excluding hydrogens is 564 g/mol. The molecule has 164 valence electrons. The van der Waals surface area contributed by atoms with E-state index in [2.05, 4.69) is 0 Å². The maximum absolute atomic E-state index is 15.2. The Bertz CT molecular complexity index is 792. The largest absolute Gasteiger partial charge is 0.432 e. The number of alkyl halides is 12. The summed E-state index contributed by atoms with van der Waals surface area (Å²) >= 11 is 6.79. The molecule has 13 heteroatoms. The number of rotatable bonds is 2. The highest BCUT2D eigenvalue weighted by Crippen LogP contribution is 2.64. The average Bonchev–Trinajstić information content (AvgIpc) is 2.49. The monoisotopic (exact) mass is 572 g/mol. The summed E-state index contributed by atoms with van der Waals surface area (Å²) < 4.78 is 148. The molecular formula is C16H9ClF11I. The van der Waals surface area contributed by atoms with Gasteiger partial charge in [-0.1, -0.05) is 46.9 Å². The summed E-state index contributed by atoms with van der Waals surface area (Å²) in [4.78, 5) is 0. The van der Waals surface area contributed by atoms with Gasteiger partial charge in [-0.3, -0.25) is 0 Å². The lowest BCUT2D eigenvalue weighted by Gasteiger charge is -2.50. The molecule has 2 unspecified atom stereocenters. The zero-order valence-corrected chi connectivity index (χ0v) is 16.6. The van der Waals surface area contributed by atoms with Crippen LogP contribution in [0.3, 0.4) is 0 Å². The first-order chi connectivity index (χ1) is 12.8. The van der Waals surface area contributed by atoms with Crippen molar-refractivity contribution in [1.29, 1.82) is 0 Å². The molecule has 0 spiro atoms. The van der Waals surface area contributed by atoms with Crippen molar-refractivity contribution in [3.8, 4) is 0 Å². The second kappa shape index (κ2) is 7.13. The van der Waals surface area contributed by atoms with Crippen molar-refractivity contribution in [2.75, 3.05) is 0 Å². The van der Waals surface area contributed by atoms with Gasteiger partial charge >= 0.3 is 24.2 Å². The summed E-state index contributed by atoms with van der Waals surface area (Å²) in [5.74, 6) is -1.74. The minimum Gasteiger partial charge on any atom is -0.222 e. The summed E-state index contributed by atoms with van der Waals surface area (Å²) in [5, 5.41) is 0. The van der Waals surface area contributed by atoms with E-state index in [1.165, 1.54) is 0 Å². The normalized spacial score (nSPS) is 27.0. The standard InChI is InChI=1S/C16H9ClF11I/c17-12(29)6-8(13(19,20)21)5-11(7-12,9-3-1-2-4-10(9)18)14(22,15(23,24)25)16(26,27)28/h1-5H,6-7H2. The molecule has 1 aromatic carbocycles. The van der Waals surface area contributed by atoms with Crippen LogP contribution in [-0.4, -0.2) is 27.1 Å². The molecule has 0 bridgehead atoms. The third-order valence-electron chi connectivity index (χ3n) is 4.52. The SMILES string of the molecule is Fc1ccccc1C1(C(F)(C(F)(F)F)C(F)(F)F)C=C(C(F)(F)F)CC(Cl)(I)C1. The Morgan fingerprint density at radius 2 is 1.34 bits per heavy atom. The Kier molecular flexibility index (Phi) is 6.02. The summed E-state index contributed by atoms with van der Waals surface area (Å²) in [6, 6.07) is 2.46. The zero-order valence-electron chi connectivity index (χ0n) is 13.7. The molecule has 0 radical (unpaired) electrons. The first-order valence-electron chi connectivity index (χ1n) is 7.53. The molecule has 0 fully saturated rings. The van der Waals surface area contributed by atoms with Gasteiger partial charge in [-0.25, -0.2) is 8.78 Å². The van der Waals surface area contributed by atoms with E-state index in [4.69, 9.17) is 11.6 Å². The van der Waals surface area contributed by atoms with Gasteiger partial charge in [0.2, 0.25) is 0 Å². The van der Waals surface area contributed by atoms with Crippen LogP contribution in [0, 0.1) is 5.82 Å². The predicted molar refractivity (Wildman–Crippen MR) is 90.0 cm³/mol. The highest BCUT2D eigenvalue weighted by molar-refractivity contribution is 14.1. The van der Waals surface area contributed by atoms with Crippen LogP contribution in [-0.2, 0) is 5.41 Å². The van der Waals surface area contributed by atoms with E-state index in [9.17, 15) is 43.9 Å². The molecule has 29 heavy (non-hydrogen) atoms. The Labute approximate surface area is 175 Å². The molecule has 0 saturated heterocycles. The van der Waals surface area contributed by atoms with Crippen LogP contribution in [0.5, 0.6) is 0 Å². The molecule has 0 saturated carbocycles. The molecule has 0 heterocycles. The van der Waals surface area contributed by atoms with Gasteiger partial charge in [-0.15, -0.1) is 11.6 Å². The second-order valence-corrected chi connectivity index (χ2v) is 9.91. The minimum absolute atomic E-state index is 0.376. The Morgan fingerprint density at radius 3 is 1.76 bits per heavy atom. The van der Waals surface area contributed by atoms with Crippen LogP contribution in [0.25, 0.3) is 0 Å². The van der Waals surface area contributed by atoms with E-state index in [0.717, 1.165) is 34.7 Å². The fourth-order valence-corrected chi connectivity index (χ4v) is 4.77. The van der Waals surface area contributed by atoms with E-state index >= 15 is 4.39 Å². The van der Waals surface area contributed by atoms with Crippen molar-refractivity contribution in [3.63, 3.8) is 0 Å². The highest BCUT2D eigenvalue weighted by atomic mass is 127. The van der Waals surface area contributed by atoms with E-state index < -0.39 is 68.4 Å². The molecule has 1 aromatic rings. The van der Waals surface area contributed by atoms with Crippen molar-refractivity contribution in [1.82, 2.24) is 0 Å². The van der Waals surface area contributed by atoms with E-state index in [0.29, 0.717) is 12.1 Å². The fraction of sp³-hybridized carbons (Fsp3) is 0.500. The van der Waals surface area contributed by atoms with Gasteiger partial charge in [0.15, 0.2) is 0 Å². The molecule has 1 aliphatic rings. The van der Waals surface area contributed by atoms with E-state index in [1.54, 1.807) is 0 Å². The van der Waals surface area contributed by atoms with Crippen molar-refractivity contribution in [3.05, 3.63) is 47.3 Å². The zero-order chi connectivity index (χ0) is 22.7. The van der Waals surface area contributed by atoms with Gasteiger partial charge in [0.05, 0.1) is 5.41 Å². The van der Waals surface area contributed by atoms with Crippen molar-refractivity contribution in [2.45, 2.75) is 45.3 Å². The van der Waals surface area contributed by atoms with Crippen LogP contribution >= 0.6 is 34.2 Å². The fourth-order valence-electron chi connectivity index (χ4n) is 3.40.